The molecule has 2 aromatic carbocycles. The summed E-state index contributed by atoms with van der Waals surface area (Å²) in [7, 11) is 0. The maximum atomic E-state index is 13.9. The van der Waals surface area contributed by atoms with Crippen LogP contribution >= 0.6 is 0 Å². The normalized spacial score (nSPS) is 12.1. The van der Waals surface area contributed by atoms with Crippen LogP contribution in [0.25, 0.3) is 0 Å². The molecule has 0 spiro atoms. The van der Waals surface area contributed by atoms with Crippen molar-refractivity contribution >= 4 is 0 Å². The van der Waals surface area contributed by atoms with E-state index in [1.807, 2.05) is 36.4 Å². The lowest BCUT2D eigenvalue weighted by atomic mass is 9.91. The molecule has 0 aliphatic heterocycles. The van der Waals surface area contributed by atoms with E-state index in [0.717, 1.165) is 30.8 Å². The summed E-state index contributed by atoms with van der Waals surface area (Å²) in [4.78, 5) is 0. The van der Waals surface area contributed by atoms with E-state index in [1.165, 1.54) is 6.07 Å². The fourth-order valence-corrected chi connectivity index (χ4v) is 2.51. The summed E-state index contributed by atoms with van der Waals surface area (Å²) in [6.07, 6.45) is 2.87. The van der Waals surface area contributed by atoms with E-state index in [-0.39, 0.29) is 11.7 Å². The third kappa shape index (κ3) is 4.57. The largest absolute Gasteiger partial charge is 0.494 e. The number of hydrogen-bond donors (Lipinski definition) is 1. The van der Waals surface area contributed by atoms with Crippen LogP contribution in [0.2, 0.25) is 0 Å². The highest BCUT2D eigenvalue weighted by molar-refractivity contribution is 5.31. The standard InChI is InChI=1S/C19H24FNO/c1-2-3-11-22-17-8-6-7-15(13-17)12-16(14-21)18-9-4-5-10-19(18)20/h4-10,13,16H,2-3,11-12,14,21H2,1H3. The summed E-state index contributed by atoms with van der Waals surface area (Å²) in [5, 5.41) is 0. The second-order valence-corrected chi connectivity index (χ2v) is 5.51. The van der Waals surface area contributed by atoms with Gasteiger partial charge in [0.2, 0.25) is 0 Å². The maximum Gasteiger partial charge on any atom is 0.126 e. The highest BCUT2D eigenvalue weighted by Gasteiger charge is 2.14. The van der Waals surface area contributed by atoms with E-state index < -0.39 is 0 Å². The zero-order valence-electron chi connectivity index (χ0n) is 13.1. The first kappa shape index (κ1) is 16.5. The average Bonchev–Trinajstić information content (AvgIpc) is 2.54. The van der Waals surface area contributed by atoms with Crippen molar-refractivity contribution in [1.82, 2.24) is 0 Å². The quantitative estimate of drug-likeness (QED) is 0.738. The summed E-state index contributed by atoms with van der Waals surface area (Å²) in [6, 6.07) is 14.9. The summed E-state index contributed by atoms with van der Waals surface area (Å²) < 4.78 is 19.7. The van der Waals surface area contributed by atoms with Gasteiger partial charge in [0.05, 0.1) is 6.61 Å². The minimum atomic E-state index is -0.187. The van der Waals surface area contributed by atoms with Gasteiger partial charge in [-0.15, -0.1) is 0 Å². The van der Waals surface area contributed by atoms with Gasteiger partial charge in [0.1, 0.15) is 11.6 Å². The molecule has 0 saturated heterocycles. The zero-order valence-corrected chi connectivity index (χ0v) is 13.1. The van der Waals surface area contributed by atoms with Gasteiger partial charge in [-0.1, -0.05) is 43.7 Å². The van der Waals surface area contributed by atoms with E-state index in [4.69, 9.17) is 10.5 Å². The van der Waals surface area contributed by atoms with Crippen LogP contribution in [0.4, 0.5) is 4.39 Å². The lowest BCUT2D eigenvalue weighted by Gasteiger charge is -2.16. The van der Waals surface area contributed by atoms with Gasteiger partial charge in [-0.25, -0.2) is 4.39 Å². The van der Waals surface area contributed by atoms with Gasteiger partial charge in [0, 0.05) is 5.92 Å². The lowest BCUT2D eigenvalue weighted by Crippen LogP contribution is -2.16. The molecule has 0 saturated carbocycles. The number of benzene rings is 2. The third-order valence-electron chi connectivity index (χ3n) is 3.78. The lowest BCUT2D eigenvalue weighted by molar-refractivity contribution is 0.309. The summed E-state index contributed by atoms with van der Waals surface area (Å²) in [5.74, 6) is 0.663. The monoisotopic (exact) mass is 301 g/mol. The van der Waals surface area contributed by atoms with Crippen molar-refractivity contribution in [2.75, 3.05) is 13.2 Å². The van der Waals surface area contributed by atoms with Crippen LogP contribution in [-0.4, -0.2) is 13.2 Å². The first-order chi connectivity index (χ1) is 10.7. The second-order valence-electron chi connectivity index (χ2n) is 5.51. The molecule has 0 bridgehead atoms. The fraction of sp³-hybridized carbons (Fsp3) is 0.368. The first-order valence-corrected chi connectivity index (χ1v) is 7.90. The molecule has 1 atom stereocenters. The summed E-state index contributed by atoms with van der Waals surface area (Å²) in [5.41, 5.74) is 7.66. The van der Waals surface area contributed by atoms with Gasteiger partial charge in [0.25, 0.3) is 0 Å². The molecule has 2 nitrogen and oxygen atoms in total. The maximum absolute atomic E-state index is 13.9. The van der Waals surface area contributed by atoms with Crippen molar-refractivity contribution in [2.24, 2.45) is 5.73 Å². The van der Waals surface area contributed by atoms with Crippen molar-refractivity contribution in [2.45, 2.75) is 32.1 Å². The molecule has 2 aromatic rings. The summed E-state index contributed by atoms with van der Waals surface area (Å²) in [6.45, 7) is 3.29. The predicted octanol–water partition coefficient (Wildman–Crippen LogP) is 4.29. The molecular weight excluding hydrogens is 277 g/mol. The van der Waals surface area contributed by atoms with Crippen molar-refractivity contribution in [1.29, 1.82) is 0 Å². The van der Waals surface area contributed by atoms with Gasteiger partial charge < -0.3 is 10.5 Å². The molecule has 118 valence electrons. The van der Waals surface area contributed by atoms with Crippen LogP contribution in [0.3, 0.4) is 0 Å². The number of unbranched alkanes of at least 4 members (excludes halogenated alkanes) is 1. The van der Waals surface area contributed by atoms with Crippen LogP contribution in [-0.2, 0) is 6.42 Å². The molecule has 0 aliphatic rings. The van der Waals surface area contributed by atoms with Gasteiger partial charge in [0.15, 0.2) is 0 Å². The molecule has 22 heavy (non-hydrogen) atoms. The number of hydrogen-bond acceptors (Lipinski definition) is 2. The van der Waals surface area contributed by atoms with Crippen molar-refractivity contribution in [3.63, 3.8) is 0 Å². The van der Waals surface area contributed by atoms with Crippen molar-refractivity contribution in [3.05, 3.63) is 65.5 Å². The van der Waals surface area contributed by atoms with Crippen molar-refractivity contribution < 1.29 is 9.13 Å². The first-order valence-electron chi connectivity index (χ1n) is 7.90. The zero-order chi connectivity index (χ0) is 15.8. The molecule has 0 aliphatic carbocycles. The Hall–Kier alpha value is -1.87. The predicted molar refractivity (Wildman–Crippen MR) is 88.7 cm³/mol. The van der Waals surface area contributed by atoms with E-state index in [0.29, 0.717) is 18.5 Å². The van der Waals surface area contributed by atoms with Crippen LogP contribution in [0.1, 0.15) is 36.8 Å². The third-order valence-corrected chi connectivity index (χ3v) is 3.78. The van der Waals surface area contributed by atoms with E-state index in [2.05, 4.69) is 6.92 Å². The van der Waals surface area contributed by atoms with Gasteiger partial charge in [-0.05, 0) is 48.7 Å². The highest BCUT2D eigenvalue weighted by Crippen LogP contribution is 2.24. The molecule has 1 unspecified atom stereocenters. The number of ether oxygens (including phenoxy) is 1. The van der Waals surface area contributed by atoms with Crippen LogP contribution in [0, 0.1) is 5.82 Å². The molecule has 2 rings (SSSR count). The Labute approximate surface area is 132 Å². The molecule has 2 N–H and O–H groups in total. The Kier molecular flexibility index (Phi) is 6.41. The Morgan fingerprint density at radius 2 is 1.95 bits per heavy atom. The van der Waals surface area contributed by atoms with Crippen molar-refractivity contribution in [3.8, 4) is 5.75 Å². The molecule has 0 amide bonds. The minimum Gasteiger partial charge on any atom is -0.494 e. The molecule has 0 fully saturated rings. The Bertz CT molecular complexity index is 585. The molecule has 0 radical (unpaired) electrons. The highest BCUT2D eigenvalue weighted by atomic mass is 19.1. The second kappa shape index (κ2) is 8.54. The van der Waals surface area contributed by atoms with Crippen LogP contribution in [0.5, 0.6) is 5.75 Å². The van der Waals surface area contributed by atoms with Crippen LogP contribution < -0.4 is 10.5 Å². The SMILES string of the molecule is CCCCOc1cccc(CC(CN)c2ccccc2F)c1. The Morgan fingerprint density at radius 3 is 2.68 bits per heavy atom. The number of nitrogens with two attached hydrogens (primary N) is 1. The molecular formula is C19H24FNO. The van der Waals surface area contributed by atoms with Gasteiger partial charge in [-0.3, -0.25) is 0 Å². The fourth-order valence-electron chi connectivity index (χ4n) is 2.51. The van der Waals surface area contributed by atoms with Gasteiger partial charge in [-0.2, -0.15) is 0 Å². The molecule has 0 heterocycles. The molecule has 3 heteroatoms. The summed E-state index contributed by atoms with van der Waals surface area (Å²) >= 11 is 0. The average molecular weight is 301 g/mol. The van der Waals surface area contributed by atoms with E-state index in [9.17, 15) is 4.39 Å². The number of rotatable bonds is 8. The van der Waals surface area contributed by atoms with Gasteiger partial charge >= 0.3 is 0 Å². The van der Waals surface area contributed by atoms with E-state index >= 15 is 0 Å². The minimum absolute atomic E-state index is 0.0212. The van der Waals surface area contributed by atoms with Crippen LogP contribution in [0.15, 0.2) is 48.5 Å². The Morgan fingerprint density at radius 1 is 1.14 bits per heavy atom. The Balaban J connectivity index is 2.08. The topological polar surface area (TPSA) is 35.2 Å². The smallest absolute Gasteiger partial charge is 0.126 e. The molecule has 0 aromatic heterocycles. The van der Waals surface area contributed by atoms with E-state index in [1.54, 1.807) is 6.07 Å². The number of halogens is 1.